The molecule has 0 spiro atoms. The van der Waals surface area contributed by atoms with Gasteiger partial charge in [-0.05, 0) is 60.4 Å². The molecule has 0 bridgehead atoms. The first-order valence-corrected chi connectivity index (χ1v) is 8.45. The van der Waals surface area contributed by atoms with Crippen LogP contribution in [0.5, 0.6) is 5.75 Å². The van der Waals surface area contributed by atoms with Gasteiger partial charge in [-0.15, -0.1) is 0 Å². The summed E-state index contributed by atoms with van der Waals surface area (Å²) in [6.45, 7) is 5.00. The standard InChI is InChI=1S/C20H23N3O3/c1-13-9-16(10-14(2)19(13)26-4)15-5-6-18-22-17(12-23(18)11-15)20(24)21-7-8-25-3/h5-6,9-12H,7-8H2,1-4H3,(H,21,24). The van der Waals surface area contributed by atoms with Crippen LogP contribution in [0.1, 0.15) is 21.6 Å². The molecule has 0 aliphatic carbocycles. The molecule has 2 heterocycles. The van der Waals surface area contributed by atoms with Gasteiger partial charge < -0.3 is 19.2 Å². The van der Waals surface area contributed by atoms with Gasteiger partial charge in [0, 0.05) is 26.0 Å². The Kier molecular flexibility index (Phi) is 5.23. The van der Waals surface area contributed by atoms with Gasteiger partial charge in [-0.25, -0.2) is 4.98 Å². The molecule has 0 fully saturated rings. The normalized spacial score (nSPS) is 10.9. The molecule has 0 unspecified atom stereocenters. The number of aromatic nitrogens is 2. The Morgan fingerprint density at radius 2 is 1.85 bits per heavy atom. The maximum atomic E-state index is 12.1. The molecule has 1 N–H and O–H groups in total. The molecule has 0 saturated carbocycles. The Bertz CT molecular complexity index is 924. The van der Waals surface area contributed by atoms with Crippen LogP contribution in [0.25, 0.3) is 16.8 Å². The summed E-state index contributed by atoms with van der Waals surface area (Å²) in [5, 5.41) is 2.78. The van der Waals surface area contributed by atoms with Crippen LogP contribution in [-0.4, -0.2) is 42.7 Å². The number of fused-ring (bicyclic) bond motifs is 1. The van der Waals surface area contributed by atoms with E-state index in [0.29, 0.717) is 18.8 Å². The van der Waals surface area contributed by atoms with E-state index in [2.05, 4.69) is 22.4 Å². The van der Waals surface area contributed by atoms with Crippen molar-refractivity contribution in [2.45, 2.75) is 13.8 Å². The molecule has 136 valence electrons. The van der Waals surface area contributed by atoms with Crippen LogP contribution in [0.15, 0.2) is 36.7 Å². The van der Waals surface area contributed by atoms with E-state index < -0.39 is 0 Å². The number of rotatable bonds is 6. The second-order valence-electron chi connectivity index (χ2n) is 6.20. The highest BCUT2D eigenvalue weighted by Crippen LogP contribution is 2.30. The fraction of sp³-hybridized carbons (Fsp3) is 0.300. The number of amides is 1. The Balaban J connectivity index is 1.91. The van der Waals surface area contributed by atoms with Gasteiger partial charge in [0.2, 0.25) is 0 Å². The molecular weight excluding hydrogens is 330 g/mol. The summed E-state index contributed by atoms with van der Waals surface area (Å²) in [6, 6.07) is 8.12. The van der Waals surface area contributed by atoms with E-state index in [1.807, 2.05) is 36.6 Å². The van der Waals surface area contributed by atoms with Crippen LogP contribution in [0.3, 0.4) is 0 Å². The van der Waals surface area contributed by atoms with E-state index in [9.17, 15) is 4.79 Å². The van der Waals surface area contributed by atoms with Crippen molar-refractivity contribution in [3.05, 3.63) is 53.5 Å². The lowest BCUT2D eigenvalue weighted by Crippen LogP contribution is -2.27. The van der Waals surface area contributed by atoms with Crippen molar-refractivity contribution < 1.29 is 14.3 Å². The summed E-state index contributed by atoms with van der Waals surface area (Å²) in [6.07, 6.45) is 3.72. The van der Waals surface area contributed by atoms with Gasteiger partial charge in [0.05, 0.1) is 13.7 Å². The van der Waals surface area contributed by atoms with Crippen molar-refractivity contribution >= 4 is 11.6 Å². The smallest absolute Gasteiger partial charge is 0.271 e. The van der Waals surface area contributed by atoms with Gasteiger partial charge in [-0.2, -0.15) is 0 Å². The average Bonchev–Trinajstić information content (AvgIpc) is 3.05. The highest BCUT2D eigenvalue weighted by Gasteiger charge is 2.12. The molecule has 26 heavy (non-hydrogen) atoms. The molecule has 0 atom stereocenters. The monoisotopic (exact) mass is 353 g/mol. The zero-order chi connectivity index (χ0) is 18.7. The van der Waals surface area contributed by atoms with E-state index >= 15 is 0 Å². The molecule has 0 saturated heterocycles. The topological polar surface area (TPSA) is 64.9 Å². The summed E-state index contributed by atoms with van der Waals surface area (Å²) in [4.78, 5) is 16.5. The van der Waals surface area contributed by atoms with Gasteiger partial charge >= 0.3 is 0 Å². The van der Waals surface area contributed by atoms with Crippen molar-refractivity contribution in [1.82, 2.24) is 14.7 Å². The third kappa shape index (κ3) is 3.55. The third-order valence-electron chi connectivity index (χ3n) is 4.27. The highest BCUT2D eigenvalue weighted by molar-refractivity contribution is 5.92. The minimum atomic E-state index is -0.205. The summed E-state index contributed by atoms with van der Waals surface area (Å²) in [7, 11) is 3.28. The molecule has 3 rings (SSSR count). The highest BCUT2D eigenvalue weighted by atomic mass is 16.5. The van der Waals surface area contributed by atoms with Crippen LogP contribution in [0, 0.1) is 13.8 Å². The molecule has 6 nitrogen and oxygen atoms in total. The number of ether oxygens (including phenoxy) is 2. The lowest BCUT2D eigenvalue weighted by Gasteiger charge is -2.11. The molecule has 6 heteroatoms. The maximum Gasteiger partial charge on any atom is 0.271 e. The van der Waals surface area contributed by atoms with Gasteiger partial charge in [-0.3, -0.25) is 4.79 Å². The number of pyridine rings is 1. The number of methoxy groups -OCH3 is 2. The molecular formula is C20H23N3O3. The number of carbonyl (C=O) groups is 1. The summed E-state index contributed by atoms with van der Waals surface area (Å²) in [5.41, 5.74) is 5.45. The second-order valence-corrected chi connectivity index (χ2v) is 6.20. The Morgan fingerprint density at radius 3 is 2.50 bits per heavy atom. The predicted octanol–water partition coefficient (Wildman–Crippen LogP) is 3.00. The fourth-order valence-electron chi connectivity index (χ4n) is 3.07. The minimum Gasteiger partial charge on any atom is -0.496 e. The number of benzene rings is 1. The summed E-state index contributed by atoms with van der Waals surface area (Å²) < 4.78 is 12.2. The largest absolute Gasteiger partial charge is 0.496 e. The zero-order valence-corrected chi connectivity index (χ0v) is 15.5. The molecule has 1 amide bonds. The predicted molar refractivity (Wildman–Crippen MR) is 101 cm³/mol. The van der Waals surface area contributed by atoms with E-state index in [0.717, 1.165) is 33.7 Å². The fourth-order valence-corrected chi connectivity index (χ4v) is 3.07. The van der Waals surface area contributed by atoms with Crippen LogP contribution in [0.2, 0.25) is 0 Å². The number of hydrogen-bond acceptors (Lipinski definition) is 4. The minimum absolute atomic E-state index is 0.205. The first-order valence-electron chi connectivity index (χ1n) is 8.45. The molecule has 0 radical (unpaired) electrons. The van der Waals surface area contributed by atoms with Crippen LogP contribution >= 0.6 is 0 Å². The number of carbonyl (C=O) groups excluding carboxylic acids is 1. The molecule has 2 aromatic heterocycles. The molecule has 1 aromatic carbocycles. The van der Waals surface area contributed by atoms with Crippen LogP contribution in [-0.2, 0) is 4.74 Å². The Hall–Kier alpha value is -2.86. The number of hydrogen-bond donors (Lipinski definition) is 1. The van der Waals surface area contributed by atoms with Crippen molar-refractivity contribution in [3.63, 3.8) is 0 Å². The van der Waals surface area contributed by atoms with E-state index in [1.54, 1.807) is 20.4 Å². The number of nitrogens with one attached hydrogen (secondary N) is 1. The van der Waals surface area contributed by atoms with Crippen molar-refractivity contribution in [3.8, 4) is 16.9 Å². The maximum absolute atomic E-state index is 12.1. The van der Waals surface area contributed by atoms with Crippen molar-refractivity contribution in [1.29, 1.82) is 0 Å². The lowest BCUT2D eigenvalue weighted by molar-refractivity contribution is 0.0932. The number of imidazole rings is 1. The first-order chi connectivity index (χ1) is 12.5. The van der Waals surface area contributed by atoms with Gasteiger partial charge in [0.15, 0.2) is 0 Å². The first kappa shape index (κ1) is 17.9. The van der Waals surface area contributed by atoms with E-state index in [1.165, 1.54) is 0 Å². The SMILES string of the molecule is COCCNC(=O)c1cn2cc(-c3cc(C)c(OC)c(C)c3)ccc2n1. The quantitative estimate of drug-likeness (QED) is 0.692. The summed E-state index contributed by atoms with van der Waals surface area (Å²) >= 11 is 0. The number of aryl methyl sites for hydroxylation is 2. The second kappa shape index (κ2) is 7.58. The van der Waals surface area contributed by atoms with Crippen LogP contribution < -0.4 is 10.1 Å². The van der Waals surface area contributed by atoms with Gasteiger partial charge in [0.1, 0.15) is 17.1 Å². The zero-order valence-electron chi connectivity index (χ0n) is 15.5. The lowest BCUT2D eigenvalue weighted by atomic mass is 10.0. The van der Waals surface area contributed by atoms with Crippen molar-refractivity contribution in [2.24, 2.45) is 0 Å². The summed E-state index contributed by atoms with van der Waals surface area (Å²) in [5.74, 6) is 0.705. The van der Waals surface area contributed by atoms with Gasteiger partial charge in [0.25, 0.3) is 5.91 Å². The Morgan fingerprint density at radius 1 is 1.12 bits per heavy atom. The van der Waals surface area contributed by atoms with E-state index in [-0.39, 0.29) is 5.91 Å². The average molecular weight is 353 g/mol. The number of nitrogens with zero attached hydrogens (tertiary/aromatic N) is 2. The van der Waals surface area contributed by atoms with E-state index in [4.69, 9.17) is 9.47 Å². The van der Waals surface area contributed by atoms with Crippen LogP contribution in [0.4, 0.5) is 0 Å². The Labute approximate surface area is 152 Å². The third-order valence-corrected chi connectivity index (χ3v) is 4.27. The van der Waals surface area contributed by atoms with Crippen molar-refractivity contribution in [2.75, 3.05) is 27.4 Å². The molecule has 0 aliphatic rings. The molecule has 0 aliphatic heterocycles. The van der Waals surface area contributed by atoms with Gasteiger partial charge in [-0.1, -0.05) is 0 Å². The molecule has 3 aromatic rings.